The second kappa shape index (κ2) is 7.66. The lowest BCUT2D eigenvalue weighted by atomic mass is 10.2. The molecule has 6 nitrogen and oxygen atoms in total. The van der Waals surface area contributed by atoms with E-state index in [1.807, 2.05) is 35.9 Å². The van der Waals surface area contributed by atoms with Gasteiger partial charge in [-0.3, -0.25) is 4.79 Å². The molecule has 3 heterocycles. The van der Waals surface area contributed by atoms with Gasteiger partial charge in [0.2, 0.25) is 0 Å². The van der Waals surface area contributed by atoms with Gasteiger partial charge in [-0.05, 0) is 44.1 Å². The van der Waals surface area contributed by atoms with E-state index in [1.54, 1.807) is 12.3 Å². The maximum Gasteiger partial charge on any atom is 0.252 e. The summed E-state index contributed by atoms with van der Waals surface area (Å²) < 4.78 is 1.89. The Hall–Kier alpha value is -2.44. The fraction of sp³-hybridized carbons (Fsp3) is 0.350. The molecule has 3 aromatic rings. The minimum Gasteiger partial charge on any atom is -0.351 e. The molecule has 1 aliphatic heterocycles. The third kappa shape index (κ3) is 3.68. The number of hydrogen-bond acceptors (Lipinski definition) is 4. The summed E-state index contributed by atoms with van der Waals surface area (Å²) in [5.41, 5.74) is 2.77. The number of halogens is 1. The van der Waals surface area contributed by atoms with Crippen molar-refractivity contribution in [3.8, 4) is 11.4 Å². The van der Waals surface area contributed by atoms with Gasteiger partial charge in [-0.25, -0.2) is 9.97 Å². The summed E-state index contributed by atoms with van der Waals surface area (Å²) >= 11 is 6.31. The van der Waals surface area contributed by atoms with E-state index in [1.165, 1.54) is 12.8 Å². The van der Waals surface area contributed by atoms with Crippen LogP contribution in [0.1, 0.15) is 23.2 Å². The molecule has 1 aliphatic rings. The second-order valence-corrected chi connectivity index (χ2v) is 7.25. The number of aryl methyl sites for hydroxylation is 1. The monoisotopic (exact) mass is 383 g/mol. The summed E-state index contributed by atoms with van der Waals surface area (Å²) in [6, 6.07) is 9.36. The molecule has 0 radical (unpaired) electrons. The van der Waals surface area contributed by atoms with Gasteiger partial charge >= 0.3 is 0 Å². The van der Waals surface area contributed by atoms with E-state index < -0.39 is 0 Å². The standard InChI is InChI=1S/C20H22ClN5O/c1-25-18(15-6-2-3-7-16(15)21)24-17-12-14(13-23-19(17)25)20(27)22-8-11-26-9-4-5-10-26/h2-3,6-7,12-13H,4-5,8-11H2,1H3,(H,22,27). The number of carbonyl (C=O) groups excluding carboxylic acids is 1. The third-order valence-corrected chi connectivity index (χ3v) is 5.33. The summed E-state index contributed by atoms with van der Waals surface area (Å²) in [6.45, 7) is 3.79. The number of benzene rings is 1. The van der Waals surface area contributed by atoms with Gasteiger partial charge in [0, 0.05) is 31.9 Å². The van der Waals surface area contributed by atoms with E-state index in [9.17, 15) is 4.79 Å². The smallest absolute Gasteiger partial charge is 0.252 e. The molecule has 0 unspecified atom stereocenters. The fourth-order valence-electron chi connectivity index (χ4n) is 3.52. The number of rotatable bonds is 5. The molecule has 140 valence electrons. The molecule has 4 rings (SSSR count). The van der Waals surface area contributed by atoms with Crippen molar-refractivity contribution in [2.24, 2.45) is 7.05 Å². The van der Waals surface area contributed by atoms with Gasteiger partial charge in [0.25, 0.3) is 5.91 Å². The normalized spacial score (nSPS) is 14.7. The van der Waals surface area contributed by atoms with E-state index in [4.69, 9.17) is 11.6 Å². The number of amides is 1. The lowest BCUT2D eigenvalue weighted by molar-refractivity contribution is 0.0949. The molecule has 1 aromatic carbocycles. The molecule has 0 spiro atoms. The maximum atomic E-state index is 12.5. The van der Waals surface area contributed by atoms with Crippen LogP contribution in [-0.4, -0.2) is 51.5 Å². The molecule has 1 amide bonds. The van der Waals surface area contributed by atoms with Crippen LogP contribution in [-0.2, 0) is 7.05 Å². The molecule has 1 N–H and O–H groups in total. The maximum absolute atomic E-state index is 12.5. The Labute approximate surface area is 163 Å². The number of nitrogens with zero attached hydrogens (tertiary/aromatic N) is 4. The van der Waals surface area contributed by atoms with Crippen LogP contribution in [0.25, 0.3) is 22.6 Å². The van der Waals surface area contributed by atoms with E-state index in [0.29, 0.717) is 22.6 Å². The van der Waals surface area contributed by atoms with Crippen molar-refractivity contribution >= 4 is 28.7 Å². The van der Waals surface area contributed by atoms with Gasteiger partial charge in [-0.15, -0.1) is 0 Å². The summed E-state index contributed by atoms with van der Waals surface area (Å²) in [4.78, 5) is 23.9. The zero-order valence-corrected chi connectivity index (χ0v) is 16.0. The van der Waals surface area contributed by atoms with Crippen LogP contribution in [0.4, 0.5) is 0 Å². The number of hydrogen-bond donors (Lipinski definition) is 1. The van der Waals surface area contributed by atoms with Gasteiger partial charge < -0.3 is 14.8 Å². The van der Waals surface area contributed by atoms with E-state index in [0.717, 1.165) is 36.7 Å². The Morgan fingerprint density at radius 1 is 1.26 bits per heavy atom. The first-order chi connectivity index (χ1) is 13.1. The molecule has 1 fully saturated rings. The SMILES string of the molecule is Cn1c(-c2ccccc2Cl)nc2cc(C(=O)NCCN3CCCC3)cnc21. The van der Waals surface area contributed by atoms with Crippen LogP contribution in [0.5, 0.6) is 0 Å². The number of likely N-dealkylation sites (tertiary alicyclic amines) is 1. The molecule has 0 atom stereocenters. The minimum absolute atomic E-state index is 0.117. The van der Waals surface area contributed by atoms with Crippen LogP contribution in [0.15, 0.2) is 36.5 Å². The summed E-state index contributed by atoms with van der Waals surface area (Å²) in [5, 5.41) is 3.61. The topological polar surface area (TPSA) is 63.1 Å². The van der Waals surface area contributed by atoms with E-state index >= 15 is 0 Å². The van der Waals surface area contributed by atoms with Gasteiger partial charge in [0.1, 0.15) is 11.3 Å². The van der Waals surface area contributed by atoms with Crippen molar-refractivity contribution in [2.75, 3.05) is 26.2 Å². The first-order valence-electron chi connectivity index (χ1n) is 9.21. The molecule has 1 saturated heterocycles. The molecular weight excluding hydrogens is 362 g/mol. The summed E-state index contributed by atoms with van der Waals surface area (Å²) in [5.74, 6) is 0.614. The average molecular weight is 384 g/mol. The number of pyridine rings is 1. The lowest BCUT2D eigenvalue weighted by Gasteiger charge is -2.14. The molecule has 0 aliphatic carbocycles. The molecule has 0 saturated carbocycles. The Bertz CT molecular complexity index is 978. The van der Waals surface area contributed by atoms with Crippen molar-refractivity contribution in [2.45, 2.75) is 12.8 Å². The highest BCUT2D eigenvalue weighted by Gasteiger charge is 2.16. The zero-order chi connectivity index (χ0) is 18.8. The largest absolute Gasteiger partial charge is 0.351 e. The fourth-order valence-corrected chi connectivity index (χ4v) is 3.74. The molecule has 2 aromatic heterocycles. The van der Waals surface area contributed by atoms with Crippen molar-refractivity contribution in [3.63, 3.8) is 0 Å². The van der Waals surface area contributed by atoms with Crippen LogP contribution >= 0.6 is 11.6 Å². The summed E-state index contributed by atoms with van der Waals surface area (Å²) in [6.07, 6.45) is 4.11. The Kier molecular flexibility index (Phi) is 5.09. The minimum atomic E-state index is -0.117. The molecule has 0 bridgehead atoms. The van der Waals surface area contributed by atoms with Crippen molar-refractivity contribution in [1.29, 1.82) is 0 Å². The number of carbonyl (C=O) groups is 1. The molecule has 7 heteroatoms. The predicted octanol–water partition coefficient (Wildman–Crippen LogP) is 3.11. The van der Waals surface area contributed by atoms with E-state index in [-0.39, 0.29) is 5.91 Å². The van der Waals surface area contributed by atoms with Gasteiger partial charge in [-0.1, -0.05) is 23.7 Å². The third-order valence-electron chi connectivity index (χ3n) is 5.00. The Morgan fingerprint density at radius 3 is 2.81 bits per heavy atom. The van der Waals surface area contributed by atoms with Crippen molar-refractivity contribution in [3.05, 3.63) is 47.1 Å². The Balaban J connectivity index is 1.53. The van der Waals surface area contributed by atoms with Crippen molar-refractivity contribution < 1.29 is 4.79 Å². The summed E-state index contributed by atoms with van der Waals surface area (Å²) in [7, 11) is 1.90. The Morgan fingerprint density at radius 2 is 2.04 bits per heavy atom. The molecular formula is C20H22ClN5O. The van der Waals surface area contributed by atoms with Crippen molar-refractivity contribution in [1.82, 2.24) is 24.8 Å². The van der Waals surface area contributed by atoms with Crippen LogP contribution in [0.3, 0.4) is 0 Å². The van der Waals surface area contributed by atoms with Crippen LogP contribution < -0.4 is 5.32 Å². The predicted molar refractivity (Wildman–Crippen MR) is 107 cm³/mol. The van der Waals surface area contributed by atoms with Crippen LogP contribution in [0.2, 0.25) is 5.02 Å². The number of aromatic nitrogens is 3. The lowest BCUT2D eigenvalue weighted by Crippen LogP contribution is -2.33. The highest BCUT2D eigenvalue weighted by molar-refractivity contribution is 6.33. The van der Waals surface area contributed by atoms with E-state index in [2.05, 4.69) is 20.2 Å². The highest BCUT2D eigenvalue weighted by Crippen LogP contribution is 2.28. The first kappa shape index (κ1) is 17.9. The highest BCUT2D eigenvalue weighted by atomic mass is 35.5. The second-order valence-electron chi connectivity index (χ2n) is 6.85. The quantitative estimate of drug-likeness (QED) is 0.735. The van der Waals surface area contributed by atoms with Crippen LogP contribution in [0, 0.1) is 0 Å². The number of fused-ring (bicyclic) bond motifs is 1. The van der Waals surface area contributed by atoms with Gasteiger partial charge in [-0.2, -0.15) is 0 Å². The van der Waals surface area contributed by atoms with Gasteiger partial charge in [0.05, 0.1) is 10.6 Å². The van der Waals surface area contributed by atoms with Gasteiger partial charge in [0.15, 0.2) is 5.65 Å². The average Bonchev–Trinajstić information content (AvgIpc) is 3.30. The molecule has 27 heavy (non-hydrogen) atoms. The first-order valence-corrected chi connectivity index (χ1v) is 9.59. The number of imidazole rings is 1. The number of nitrogens with one attached hydrogen (secondary N) is 1. The zero-order valence-electron chi connectivity index (χ0n) is 15.3.